The minimum atomic E-state index is -1.31. The number of anilines is 1. The molecule has 1 aliphatic rings. The lowest BCUT2D eigenvalue weighted by Gasteiger charge is -2.33. The Balaban J connectivity index is 1.87. The van der Waals surface area contributed by atoms with Crippen molar-refractivity contribution in [3.63, 3.8) is 0 Å². The van der Waals surface area contributed by atoms with Crippen LogP contribution in [0.4, 0.5) is 14.5 Å². The average Bonchev–Trinajstić information content (AvgIpc) is 3.22. The normalized spacial score (nSPS) is 17.5. The fourth-order valence-corrected chi connectivity index (χ4v) is 4.81. The van der Waals surface area contributed by atoms with E-state index in [1.807, 2.05) is 0 Å². The predicted molar refractivity (Wildman–Crippen MR) is 128 cm³/mol. The second-order valence-corrected chi connectivity index (χ2v) is 8.92. The fourth-order valence-electron chi connectivity index (χ4n) is 4.32. The van der Waals surface area contributed by atoms with Crippen molar-refractivity contribution in [1.82, 2.24) is 14.5 Å². The number of primary amides is 1. The van der Waals surface area contributed by atoms with Gasteiger partial charge in [-0.15, -0.1) is 0 Å². The standard InChI is InChI=1S/C23H19Cl2F2N5O3/c1-2-18(34)31-6-5-23(10-31,19-15(26)4-3-14(24)20(19)25)30-12-7-13-21(16(27)8-12)29-11-32(22(13)35)9-17(28)33/h2-4,7-8,11,30H,1,5-6,9-10H2,(H2,28,33)/t23-/m0/s1. The zero-order chi connectivity index (χ0) is 25.5. The molecule has 2 heterocycles. The Morgan fingerprint density at radius 3 is 2.69 bits per heavy atom. The number of carbonyl (C=O) groups is 2. The van der Waals surface area contributed by atoms with Gasteiger partial charge in [-0.2, -0.15) is 0 Å². The molecule has 1 atom stereocenters. The molecule has 0 saturated carbocycles. The number of rotatable bonds is 6. The van der Waals surface area contributed by atoms with Crippen molar-refractivity contribution < 1.29 is 18.4 Å². The van der Waals surface area contributed by atoms with Crippen LogP contribution < -0.4 is 16.6 Å². The van der Waals surface area contributed by atoms with E-state index in [4.69, 9.17) is 28.9 Å². The van der Waals surface area contributed by atoms with E-state index in [-0.39, 0.29) is 57.6 Å². The van der Waals surface area contributed by atoms with Crippen molar-refractivity contribution in [2.75, 3.05) is 18.4 Å². The zero-order valence-electron chi connectivity index (χ0n) is 18.2. The van der Waals surface area contributed by atoms with Gasteiger partial charge in [0.1, 0.15) is 17.9 Å². The van der Waals surface area contributed by atoms with Crippen LogP contribution in [-0.2, 0) is 21.7 Å². The van der Waals surface area contributed by atoms with Gasteiger partial charge in [-0.1, -0.05) is 29.8 Å². The molecular weight excluding hydrogens is 503 g/mol. The van der Waals surface area contributed by atoms with E-state index in [2.05, 4.69) is 16.9 Å². The first-order valence-corrected chi connectivity index (χ1v) is 11.1. The molecule has 0 unspecified atom stereocenters. The number of amides is 2. The number of nitrogens with zero attached hydrogens (tertiary/aromatic N) is 3. The van der Waals surface area contributed by atoms with Gasteiger partial charge in [0.25, 0.3) is 5.56 Å². The highest BCUT2D eigenvalue weighted by Gasteiger charge is 2.44. The molecule has 0 bridgehead atoms. The Hall–Kier alpha value is -3.50. The summed E-state index contributed by atoms with van der Waals surface area (Å²) in [6, 6.07) is 4.89. The highest BCUT2D eigenvalue weighted by atomic mass is 35.5. The highest BCUT2D eigenvalue weighted by molar-refractivity contribution is 6.42. The second kappa shape index (κ2) is 9.27. The van der Waals surface area contributed by atoms with Crippen LogP contribution in [0.3, 0.4) is 0 Å². The van der Waals surface area contributed by atoms with E-state index in [0.29, 0.717) is 0 Å². The van der Waals surface area contributed by atoms with Crippen molar-refractivity contribution >= 4 is 51.6 Å². The first-order chi connectivity index (χ1) is 16.6. The van der Waals surface area contributed by atoms with Gasteiger partial charge >= 0.3 is 0 Å². The molecule has 0 radical (unpaired) electrons. The zero-order valence-corrected chi connectivity index (χ0v) is 19.7. The van der Waals surface area contributed by atoms with E-state index in [9.17, 15) is 18.8 Å². The molecule has 8 nitrogen and oxygen atoms in total. The van der Waals surface area contributed by atoms with Crippen molar-refractivity contribution in [3.8, 4) is 0 Å². The van der Waals surface area contributed by atoms with Gasteiger partial charge in [0, 0.05) is 24.3 Å². The van der Waals surface area contributed by atoms with Gasteiger partial charge in [0.15, 0.2) is 5.82 Å². The Bertz CT molecular complexity index is 1440. The lowest BCUT2D eigenvalue weighted by atomic mass is 9.87. The highest BCUT2D eigenvalue weighted by Crippen LogP contribution is 2.43. The first-order valence-electron chi connectivity index (χ1n) is 10.4. The van der Waals surface area contributed by atoms with E-state index in [1.54, 1.807) is 0 Å². The maximum atomic E-state index is 15.1. The summed E-state index contributed by atoms with van der Waals surface area (Å²) in [4.78, 5) is 41.8. The van der Waals surface area contributed by atoms with Crippen molar-refractivity contribution in [2.24, 2.45) is 5.73 Å². The van der Waals surface area contributed by atoms with Crippen LogP contribution in [0, 0.1) is 11.6 Å². The molecule has 1 aromatic heterocycles. The van der Waals surface area contributed by atoms with Gasteiger partial charge < -0.3 is 16.0 Å². The quantitative estimate of drug-likeness (QED) is 0.382. The predicted octanol–water partition coefficient (Wildman–Crippen LogP) is 3.19. The van der Waals surface area contributed by atoms with Gasteiger partial charge in [0.2, 0.25) is 11.8 Å². The van der Waals surface area contributed by atoms with E-state index in [1.165, 1.54) is 17.0 Å². The molecule has 3 N–H and O–H groups in total. The maximum absolute atomic E-state index is 15.1. The smallest absolute Gasteiger partial charge is 0.261 e. The number of nitrogens with two attached hydrogens (primary N) is 1. The van der Waals surface area contributed by atoms with Crippen molar-refractivity contribution in [1.29, 1.82) is 0 Å². The summed E-state index contributed by atoms with van der Waals surface area (Å²) in [6.45, 7) is 3.24. The Kier molecular flexibility index (Phi) is 6.52. The van der Waals surface area contributed by atoms with Crippen LogP contribution in [-0.4, -0.2) is 39.4 Å². The largest absolute Gasteiger partial charge is 0.373 e. The van der Waals surface area contributed by atoms with E-state index < -0.39 is 35.2 Å². The van der Waals surface area contributed by atoms with Gasteiger partial charge in [-0.05, 0) is 36.8 Å². The van der Waals surface area contributed by atoms with Crippen molar-refractivity contribution in [3.05, 3.63) is 80.8 Å². The summed E-state index contributed by atoms with van der Waals surface area (Å²) < 4.78 is 31.0. The van der Waals surface area contributed by atoms with Crippen LogP contribution in [0.5, 0.6) is 0 Å². The molecule has 4 rings (SSSR count). The number of nitrogens with one attached hydrogen (secondary N) is 1. The number of aromatic nitrogens is 2. The third-order valence-electron chi connectivity index (χ3n) is 5.87. The molecule has 0 spiro atoms. The summed E-state index contributed by atoms with van der Waals surface area (Å²) in [5.74, 6) is -2.65. The number of halogens is 4. The summed E-state index contributed by atoms with van der Waals surface area (Å²) >= 11 is 12.6. The number of fused-ring (bicyclic) bond motifs is 1. The third-order valence-corrected chi connectivity index (χ3v) is 6.67. The minimum Gasteiger partial charge on any atom is -0.373 e. The average molecular weight is 522 g/mol. The number of carbonyl (C=O) groups excluding carboxylic acids is 2. The summed E-state index contributed by atoms with van der Waals surface area (Å²) in [5.41, 5.74) is 3.07. The molecule has 12 heteroatoms. The number of hydrogen-bond donors (Lipinski definition) is 2. The van der Waals surface area contributed by atoms with Crippen LogP contribution in [0.15, 0.2) is 48.0 Å². The minimum absolute atomic E-state index is 0.00357. The maximum Gasteiger partial charge on any atom is 0.261 e. The molecule has 1 saturated heterocycles. The van der Waals surface area contributed by atoms with E-state index in [0.717, 1.165) is 29.1 Å². The van der Waals surface area contributed by atoms with Gasteiger partial charge in [-0.3, -0.25) is 19.0 Å². The van der Waals surface area contributed by atoms with Gasteiger partial charge in [0.05, 0.1) is 27.3 Å². The number of benzene rings is 2. The lowest BCUT2D eigenvalue weighted by molar-refractivity contribution is -0.125. The third kappa shape index (κ3) is 4.46. The van der Waals surface area contributed by atoms with Crippen LogP contribution in [0.1, 0.15) is 12.0 Å². The lowest BCUT2D eigenvalue weighted by Crippen LogP contribution is -2.41. The topological polar surface area (TPSA) is 110 Å². The summed E-state index contributed by atoms with van der Waals surface area (Å²) in [5, 5.41) is 3.01. The van der Waals surface area contributed by atoms with E-state index >= 15 is 4.39 Å². The molecule has 1 aliphatic heterocycles. The summed E-state index contributed by atoms with van der Waals surface area (Å²) in [7, 11) is 0. The van der Waals surface area contributed by atoms with Gasteiger partial charge in [-0.25, -0.2) is 13.8 Å². The Morgan fingerprint density at radius 2 is 2.00 bits per heavy atom. The molecule has 2 amide bonds. The Labute approximate surface area is 207 Å². The van der Waals surface area contributed by atoms with Crippen LogP contribution >= 0.6 is 23.2 Å². The number of likely N-dealkylation sites (tertiary alicyclic amines) is 1. The SMILES string of the molecule is C=CC(=O)N1CC[C@@](Nc2cc(F)c3ncn(CC(N)=O)c(=O)c3c2)(c2c(F)ccc(Cl)c2Cl)C1. The first kappa shape index (κ1) is 24.6. The summed E-state index contributed by atoms with van der Waals surface area (Å²) in [6.07, 6.45) is 2.36. The second-order valence-electron chi connectivity index (χ2n) is 8.14. The molecule has 3 aromatic rings. The fraction of sp³-hybridized carbons (Fsp3) is 0.217. The molecule has 182 valence electrons. The molecule has 0 aliphatic carbocycles. The molecule has 1 fully saturated rings. The monoisotopic (exact) mass is 521 g/mol. The molecule has 2 aromatic carbocycles. The number of hydrogen-bond acceptors (Lipinski definition) is 5. The Morgan fingerprint density at radius 1 is 1.26 bits per heavy atom. The molecular formula is C23H19Cl2F2N5O3. The molecule has 35 heavy (non-hydrogen) atoms. The van der Waals surface area contributed by atoms with Crippen LogP contribution in [0.2, 0.25) is 10.0 Å². The van der Waals surface area contributed by atoms with Crippen molar-refractivity contribution in [2.45, 2.75) is 18.5 Å². The van der Waals surface area contributed by atoms with Crippen LogP contribution in [0.25, 0.3) is 10.9 Å².